The average Bonchev–Trinajstić information content (AvgIpc) is 2.79. The van der Waals surface area contributed by atoms with Gasteiger partial charge in [0.2, 0.25) is 0 Å². The van der Waals surface area contributed by atoms with Gasteiger partial charge >= 0.3 is 11.9 Å². The normalized spacial score (nSPS) is 24.8. The summed E-state index contributed by atoms with van der Waals surface area (Å²) in [5, 5.41) is 0. The van der Waals surface area contributed by atoms with Gasteiger partial charge < -0.3 is 14.2 Å². The SMILES string of the molecule is CC1=C(C(=O)OCCN2CCOCC2)C2(CCCCC2)OC1=O. The van der Waals surface area contributed by atoms with Crippen molar-refractivity contribution in [2.24, 2.45) is 0 Å². The lowest BCUT2D eigenvalue weighted by molar-refractivity contribution is -0.152. The fraction of sp³-hybridized carbons (Fsp3) is 0.765. The highest BCUT2D eigenvalue weighted by atomic mass is 16.6. The van der Waals surface area contributed by atoms with E-state index >= 15 is 0 Å². The first-order valence-corrected chi connectivity index (χ1v) is 8.54. The molecule has 0 aromatic rings. The summed E-state index contributed by atoms with van der Waals surface area (Å²) in [6.07, 6.45) is 4.53. The van der Waals surface area contributed by atoms with Gasteiger partial charge in [-0.15, -0.1) is 0 Å². The Morgan fingerprint density at radius 3 is 2.61 bits per heavy atom. The van der Waals surface area contributed by atoms with Crippen molar-refractivity contribution in [2.45, 2.75) is 44.6 Å². The van der Waals surface area contributed by atoms with Crippen LogP contribution in [-0.2, 0) is 23.8 Å². The molecule has 1 aliphatic carbocycles. The topological polar surface area (TPSA) is 65.1 Å². The van der Waals surface area contributed by atoms with Crippen LogP contribution in [0, 0.1) is 0 Å². The van der Waals surface area contributed by atoms with Crippen LogP contribution in [0.3, 0.4) is 0 Å². The molecule has 0 unspecified atom stereocenters. The Morgan fingerprint density at radius 2 is 1.91 bits per heavy atom. The van der Waals surface area contributed by atoms with Crippen LogP contribution in [0.2, 0.25) is 0 Å². The molecule has 1 saturated heterocycles. The Bertz CT molecular complexity index is 501. The van der Waals surface area contributed by atoms with Gasteiger partial charge in [0, 0.05) is 25.2 Å². The van der Waals surface area contributed by atoms with E-state index in [2.05, 4.69) is 4.90 Å². The monoisotopic (exact) mass is 323 g/mol. The molecule has 0 aromatic heterocycles. The Balaban J connectivity index is 1.61. The molecule has 3 rings (SSSR count). The van der Waals surface area contributed by atoms with Crippen molar-refractivity contribution in [3.8, 4) is 0 Å². The number of ether oxygens (including phenoxy) is 3. The van der Waals surface area contributed by atoms with Gasteiger partial charge in [-0.05, 0) is 32.6 Å². The van der Waals surface area contributed by atoms with Gasteiger partial charge in [-0.3, -0.25) is 4.90 Å². The minimum Gasteiger partial charge on any atom is -0.461 e. The van der Waals surface area contributed by atoms with Gasteiger partial charge in [-0.2, -0.15) is 0 Å². The van der Waals surface area contributed by atoms with Crippen LogP contribution in [0.5, 0.6) is 0 Å². The zero-order chi connectivity index (χ0) is 16.3. The predicted octanol–water partition coefficient (Wildman–Crippen LogP) is 1.44. The highest BCUT2D eigenvalue weighted by molar-refractivity contribution is 6.05. The number of morpholine rings is 1. The second-order valence-corrected chi connectivity index (χ2v) is 6.53. The zero-order valence-electron chi connectivity index (χ0n) is 13.8. The summed E-state index contributed by atoms with van der Waals surface area (Å²) in [4.78, 5) is 26.7. The second kappa shape index (κ2) is 7.01. The molecule has 2 aliphatic heterocycles. The van der Waals surface area contributed by atoms with Gasteiger partial charge in [0.25, 0.3) is 0 Å². The molecule has 1 spiro atoms. The molecule has 0 radical (unpaired) electrons. The number of esters is 2. The third-order valence-corrected chi connectivity index (χ3v) is 5.03. The molecule has 0 bridgehead atoms. The predicted molar refractivity (Wildman–Crippen MR) is 82.8 cm³/mol. The molecule has 128 valence electrons. The van der Waals surface area contributed by atoms with Crippen LogP contribution >= 0.6 is 0 Å². The molecule has 0 N–H and O–H groups in total. The average molecular weight is 323 g/mol. The van der Waals surface area contributed by atoms with Crippen LogP contribution < -0.4 is 0 Å². The smallest absolute Gasteiger partial charge is 0.338 e. The van der Waals surface area contributed by atoms with E-state index in [0.29, 0.717) is 24.3 Å². The van der Waals surface area contributed by atoms with Gasteiger partial charge in [-0.25, -0.2) is 9.59 Å². The van der Waals surface area contributed by atoms with Crippen LogP contribution in [0.15, 0.2) is 11.1 Å². The Hall–Kier alpha value is -1.40. The second-order valence-electron chi connectivity index (χ2n) is 6.53. The van der Waals surface area contributed by atoms with E-state index in [1.54, 1.807) is 6.92 Å². The number of carbonyl (C=O) groups excluding carboxylic acids is 2. The summed E-state index contributed by atoms with van der Waals surface area (Å²) in [7, 11) is 0. The van der Waals surface area contributed by atoms with Crippen molar-refractivity contribution < 1.29 is 23.8 Å². The number of hydrogen-bond acceptors (Lipinski definition) is 6. The zero-order valence-corrected chi connectivity index (χ0v) is 13.8. The maximum Gasteiger partial charge on any atom is 0.338 e. The lowest BCUT2D eigenvalue weighted by atomic mass is 9.79. The molecule has 1 saturated carbocycles. The van der Waals surface area contributed by atoms with E-state index in [1.807, 2.05) is 0 Å². The molecule has 0 amide bonds. The third kappa shape index (κ3) is 3.43. The van der Waals surface area contributed by atoms with Gasteiger partial charge in [0.1, 0.15) is 12.2 Å². The van der Waals surface area contributed by atoms with Crippen LogP contribution in [0.1, 0.15) is 39.0 Å². The summed E-state index contributed by atoms with van der Waals surface area (Å²) in [5.74, 6) is -0.754. The fourth-order valence-electron chi connectivity index (χ4n) is 3.73. The van der Waals surface area contributed by atoms with Crippen LogP contribution in [0.4, 0.5) is 0 Å². The first-order valence-electron chi connectivity index (χ1n) is 8.54. The minimum absolute atomic E-state index is 0.333. The first kappa shape index (κ1) is 16.5. The summed E-state index contributed by atoms with van der Waals surface area (Å²) in [5.41, 5.74) is 0.155. The highest BCUT2D eigenvalue weighted by Crippen LogP contribution is 2.44. The fourth-order valence-corrected chi connectivity index (χ4v) is 3.73. The Kier molecular flexibility index (Phi) is 5.02. The van der Waals surface area contributed by atoms with Crippen molar-refractivity contribution in [2.75, 3.05) is 39.5 Å². The Labute approximate surface area is 136 Å². The lowest BCUT2D eigenvalue weighted by Crippen LogP contribution is -2.40. The van der Waals surface area contributed by atoms with E-state index < -0.39 is 5.60 Å². The largest absolute Gasteiger partial charge is 0.461 e. The maximum absolute atomic E-state index is 12.6. The summed E-state index contributed by atoms with van der Waals surface area (Å²) in [6, 6.07) is 0. The van der Waals surface area contributed by atoms with E-state index in [4.69, 9.17) is 14.2 Å². The molecule has 6 heteroatoms. The Morgan fingerprint density at radius 1 is 1.22 bits per heavy atom. The number of nitrogens with zero attached hydrogens (tertiary/aromatic N) is 1. The van der Waals surface area contributed by atoms with Gasteiger partial charge in [0.05, 0.1) is 18.8 Å². The first-order chi connectivity index (χ1) is 11.1. The van der Waals surface area contributed by atoms with Crippen LogP contribution in [0.25, 0.3) is 0 Å². The summed E-state index contributed by atoms with van der Waals surface area (Å²) >= 11 is 0. The van der Waals surface area contributed by atoms with Crippen molar-refractivity contribution in [3.05, 3.63) is 11.1 Å². The molecular formula is C17H25NO5. The molecule has 0 aromatic carbocycles. The number of carbonyl (C=O) groups is 2. The lowest BCUT2D eigenvalue weighted by Gasteiger charge is -2.33. The molecule has 6 nitrogen and oxygen atoms in total. The quantitative estimate of drug-likeness (QED) is 0.730. The van der Waals surface area contributed by atoms with E-state index in [9.17, 15) is 9.59 Å². The van der Waals surface area contributed by atoms with E-state index in [1.165, 1.54) is 0 Å². The third-order valence-electron chi connectivity index (χ3n) is 5.03. The van der Waals surface area contributed by atoms with Crippen molar-refractivity contribution in [3.63, 3.8) is 0 Å². The number of hydrogen-bond donors (Lipinski definition) is 0. The van der Waals surface area contributed by atoms with Crippen molar-refractivity contribution in [1.29, 1.82) is 0 Å². The highest BCUT2D eigenvalue weighted by Gasteiger charge is 2.50. The van der Waals surface area contributed by atoms with Gasteiger partial charge in [-0.1, -0.05) is 6.42 Å². The van der Waals surface area contributed by atoms with E-state index in [0.717, 1.165) is 58.4 Å². The molecule has 2 heterocycles. The molecule has 3 aliphatic rings. The molecule has 2 fully saturated rings. The summed E-state index contributed by atoms with van der Waals surface area (Å²) in [6.45, 7) is 5.89. The standard InChI is InChI=1S/C17H25NO5/c1-13-14(17(23-15(13)19)5-3-2-4-6-17)16(20)22-12-9-18-7-10-21-11-8-18/h2-12H2,1H3. The molecule has 0 atom stereocenters. The van der Waals surface area contributed by atoms with Crippen molar-refractivity contribution >= 4 is 11.9 Å². The van der Waals surface area contributed by atoms with E-state index in [-0.39, 0.29) is 11.9 Å². The summed E-state index contributed by atoms with van der Waals surface area (Å²) < 4.78 is 16.4. The minimum atomic E-state index is -0.727. The van der Waals surface area contributed by atoms with Gasteiger partial charge in [0.15, 0.2) is 0 Å². The number of rotatable bonds is 4. The van der Waals surface area contributed by atoms with Crippen molar-refractivity contribution in [1.82, 2.24) is 4.90 Å². The maximum atomic E-state index is 12.6. The molecular weight excluding hydrogens is 298 g/mol. The molecule has 23 heavy (non-hydrogen) atoms. The van der Waals surface area contributed by atoms with Crippen LogP contribution in [-0.4, -0.2) is 61.9 Å².